The highest BCUT2D eigenvalue weighted by Crippen LogP contribution is 2.17. The van der Waals surface area contributed by atoms with E-state index in [1.54, 1.807) is 11.3 Å². The van der Waals surface area contributed by atoms with Crippen molar-refractivity contribution in [2.45, 2.75) is 32.9 Å². The first kappa shape index (κ1) is 14.1. The number of hydrogen-bond donors (Lipinski definition) is 1. The Balaban J connectivity index is 1.84. The van der Waals surface area contributed by atoms with Gasteiger partial charge in [-0.2, -0.15) is 0 Å². The number of nitrogens with one attached hydrogen (secondary N) is 1. The zero-order valence-corrected chi connectivity index (χ0v) is 12.4. The smallest absolute Gasteiger partial charge is 0.122 e. The summed E-state index contributed by atoms with van der Waals surface area (Å²) < 4.78 is 5.75. The molecule has 0 bridgehead atoms. The fraction of sp³-hybridized carbons (Fsp3) is 0.375. The van der Waals surface area contributed by atoms with Crippen molar-refractivity contribution in [1.29, 1.82) is 0 Å². The summed E-state index contributed by atoms with van der Waals surface area (Å²) in [4.78, 5) is 1.25. The fourth-order valence-electron chi connectivity index (χ4n) is 2.05. The molecule has 19 heavy (non-hydrogen) atoms. The van der Waals surface area contributed by atoms with Gasteiger partial charge in [-0.05, 0) is 49.0 Å². The minimum Gasteiger partial charge on any atom is -0.488 e. The van der Waals surface area contributed by atoms with E-state index in [9.17, 15) is 0 Å². The molecule has 2 nitrogen and oxygen atoms in total. The maximum atomic E-state index is 5.75. The van der Waals surface area contributed by atoms with Gasteiger partial charge in [-0.15, -0.1) is 11.3 Å². The lowest BCUT2D eigenvalue weighted by atomic mass is 10.1. The Morgan fingerprint density at radius 2 is 2.00 bits per heavy atom. The van der Waals surface area contributed by atoms with Gasteiger partial charge < -0.3 is 10.1 Å². The van der Waals surface area contributed by atoms with Gasteiger partial charge in [0.15, 0.2) is 0 Å². The Labute approximate surface area is 119 Å². The summed E-state index contributed by atoms with van der Waals surface area (Å²) in [7, 11) is 0. The number of thiophene rings is 1. The van der Waals surface area contributed by atoms with E-state index in [1.165, 1.54) is 10.4 Å². The average molecular weight is 275 g/mol. The minimum atomic E-state index is 0.517. The third kappa shape index (κ3) is 4.69. The van der Waals surface area contributed by atoms with Gasteiger partial charge in [0.1, 0.15) is 12.4 Å². The lowest BCUT2D eigenvalue weighted by molar-refractivity contribution is 0.309. The molecule has 2 aromatic rings. The van der Waals surface area contributed by atoms with E-state index in [4.69, 9.17) is 4.74 Å². The molecule has 2 rings (SSSR count). The van der Waals surface area contributed by atoms with E-state index >= 15 is 0 Å². The predicted octanol–water partition coefficient (Wildman–Crippen LogP) is 3.87. The molecule has 0 fully saturated rings. The van der Waals surface area contributed by atoms with Crippen molar-refractivity contribution in [2.75, 3.05) is 6.54 Å². The number of likely N-dealkylation sites (N-methyl/N-ethyl adjacent to an activating group) is 1. The zero-order valence-electron chi connectivity index (χ0n) is 11.6. The second-order valence-corrected chi connectivity index (χ2v) is 5.71. The van der Waals surface area contributed by atoms with E-state index in [2.05, 4.69) is 60.9 Å². The molecule has 0 aliphatic rings. The Morgan fingerprint density at radius 3 is 2.63 bits per heavy atom. The average Bonchev–Trinajstić information content (AvgIpc) is 2.91. The Morgan fingerprint density at radius 1 is 1.21 bits per heavy atom. The second-order valence-electron chi connectivity index (χ2n) is 4.67. The number of hydrogen-bond acceptors (Lipinski definition) is 3. The summed E-state index contributed by atoms with van der Waals surface area (Å²) in [5, 5.41) is 5.50. The van der Waals surface area contributed by atoms with Gasteiger partial charge in [0, 0.05) is 10.9 Å². The van der Waals surface area contributed by atoms with E-state index in [0.29, 0.717) is 12.6 Å². The van der Waals surface area contributed by atoms with Gasteiger partial charge in [-0.25, -0.2) is 0 Å². The molecule has 1 aromatic heterocycles. The topological polar surface area (TPSA) is 21.3 Å². The third-order valence-corrected chi connectivity index (χ3v) is 3.83. The Kier molecular flexibility index (Phi) is 5.43. The first-order chi connectivity index (χ1) is 9.28. The number of rotatable bonds is 7. The van der Waals surface area contributed by atoms with Crippen LogP contribution in [0.1, 0.15) is 24.3 Å². The van der Waals surface area contributed by atoms with Crippen LogP contribution in [0.2, 0.25) is 0 Å². The van der Waals surface area contributed by atoms with Crippen LogP contribution in [0.25, 0.3) is 0 Å². The molecule has 0 amide bonds. The van der Waals surface area contributed by atoms with Crippen LogP contribution in [0, 0.1) is 0 Å². The lowest BCUT2D eigenvalue weighted by Gasteiger charge is -2.12. The molecule has 1 N–H and O–H groups in total. The van der Waals surface area contributed by atoms with Crippen molar-refractivity contribution in [3.05, 3.63) is 52.2 Å². The largest absolute Gasteiger partial charge is 0.488 e. The lowest BCUT2D eigenvalue weighted by Crippen LogP contribution is -2.27. The van der Waals surface area contributed by atoms with Crippen molar-refractivity contribution in [3.63, 3.8) is 0 Å². The zero-order chi connectivity index (χ0) is 13.5. The molecular weight excluding hydrogens is 254 g/mol. The van der Waals surface area contributed by atoms with Gasteiger partial charge in [0.25, 0.3) is 0 Å². The highest BCUT2D eigenvalue weighted by molar-refractivity contribution is 7.09. The molecule has 0 aliphatic heterocycles. The van der Waals surface area contributed by atoms with Crippen molar-refractivity contribution in [1.82, 2.24) is 5.32 Å². The quantitative estimate of drug-likeness (QED) is 0.828. The molecule has 0 radical (unpaired) electrons. The summed E-state index contributed by atoms with van der Waals surface area (Å²) in [6.45, 7) is 6.02. The van der Waals surface area contributed by atoms with E-state index < -0.39 is 0 Å². The molecule has 1 aromatic carbocycles. The first-order valence-corrected chi connectivity index (χ1v) is 7.63. The molecule has 3 heteroatoms. The second kappa shape index (κ2) is 7.31. The highest BCUT2D eigenvalue weighted by Gasteiger charge is 2.02. The molecule has 0 saturated heterocycles. The summed E-state index contributed by atoms with van der Waals surface area (Å²) in [5.41, 5.74) is 1.34. The molecule has 0 spiro atoms. The summed E-state index contributed by atoms with van der Waals surface area (Å²) in [6.07, 6.45) is 1.05. The van der Waals surface area contributed by atoms with Gasteiger partial charge in [0.2, 0.25) is 0 Å². The Hall–Kier alpha value is -1.32. The molecule has 1 unspecified atom stereocenters. The molecule has 102 valence electrons. The standard InChI is InChI=1S/C16H21NOS/c1-3-17-13(2)11-14-6-8-15(9-7-14)18-12-16-5-4-10-19-16/h4-10,13,17H,3,11-12H2,1-2H3. The highest BCUT2D eigenvalue weighted by atomic mass is 32.1. The van der Waals surface area contributed by atoms with E-state index in [-0.39, 0.29) is 0 Å². The molecule has 1 atom stereocenters. The molecule has 1 heterocycles. The van der Waals surface area contributed by atoms with Crippen LogP contribution in [-0.2, 0) is 13.0 Å². The van der Waals surface area contributed by atoms with Crippen LogP contribution < -0.4 is 10.1 Å². The van der Waals surface area contributed by atoms with Crippen LogP contribution in [-0.4, -0.2) is 12.6 Å². The maximum Gasteiger partial charge on any atom is 0.122 e. The van der Waals surface area contributed by atoms with Gasteiger partial charge >= 0.3 is 0 Å². The maximum absolute atomic E-state index is 5.75. The normalized spacial score (nSPS) is 12.3. The van der Waals surface area contributed by atoms with Crippen LogP contribution in [0.15, 0.2) is 41.8 Å². The van der Waals surface area contributed by atoms with Crippen molar-refractivity contribution in [2.24, 2.45) is 0 Å². The SMILES string of the molecule is CCNC(C)Cc1ccc(OCc2cccs2)cc1. The molecule has 0 saturated carbocycles. The first-order valence-electron chi connectivity index (χ1n) is 6.75. The van der Waals surface area contributed by atoms with E-state index in [0.717, 1.165) is 18.7 Å². The van der Waals surface area contributed by atoms with Gasteiger partial charge in [-0.1, -0.05) is 25.1 Å². The minimum absolute atomic E-state index is 0.517. The third-order valence-electron chi connectivity index (χ3n) is 2.98. The van der Waals surface area contributed by atoms with Crippen molar-refractivity contribution < 1.29 is 4.74 Å². The van der Waals surface area contributed by atoms with Crippen LogP contribution in [0.3, 0.4) is 0 Å². The summed E-state index contributed by atoms with van der Waals surface area (Å²) in [6, 6.07) is 13.1. The van der Waals surface area contributed by atoms with Crippen LogP contribution >= 0.6 is 11.3 Å². The Bertz CT molecular complexity index is 464. The van der Waals surface area contributed by atoms with Gasteiger partial charge in [0.05, 0.1) is 0 Å². The number of benzene rings is 1. The van der Waals surface area contributed by atoms with Crippen molar-refractivity contribution >= 4 is 11.3 Å². The fourth-order valence-corrected chi connectivity index (χ4v) is 2.66. The number of ether oxygens (including phenoxy) is 1. The van der Waals surface area contributed by atoms with Crippen molar-refractivity contribution in [3.8, 4) is 5.75 Å². The van der Waals surface area contributed by atoms with Crippen LogP contribution in [0.5, 0.6) is 5.75 Å². The van der Waals surface area contributed by atoms with E-state index in [1.807, 2.05) is 0 Å². The molecular formula is C16H21NOS. The molecule has 0 aliphatic carbocycles. The predicted molar refractivity (Wildman–Crippen MR) is 81.9 cm³/mol. The van der Waals surface area contributed by atoms with Crippen LogP contribution in [0.4, 0.5) is 0 Å². The van der Waals surface area contributed by atoms with Gasteiger partial charge in [-0.3, -0.25) is 0 Å². The summed E-state index contributed by atoms with van der Waals surface area (Å²) >= 11 is 1.73. The monoisotopic (exact) mass is 275 g/mol. The summed E-state index contributed by atoms with van der Waals surface area (Å²) in [5.74, 6) is 0.938.